The Balaban J connectivity index is 1.97. The van der Waals surface area contributed by atoms with E-state index in [1.165, 1.54) is 23.5 Å². The summed E-state index contributed by atoms with van der Waals surface area (Å²) < 4.78 is 0. The number of nitrogens with one attached hydrogen (secondary N) is 1. The van der Waals surface area contributed by atoms with Crippen molar-refractivity contribution in [1.29, 1.82) is 0 Å². The first kappa shape index (κ1) is 10.1. The molecular formula is C13H11N3O. The second-order valence-electron chi connectivity index (χ2n) is 4.01. The molecule has 0 saturated heterocycles. The van der Waals surface area contributed by atoms with Crippen molar-refractivity contribution < 1.29 is 4.79 Å². The second-order valence-corrected chi connectivity index (χ2v) is 4.01. The molecule has 2 heterocycles. The number of fused-ring (bicyclic) bond motifs is 1. The SMILES string of the molecule is O=C(c1ccc2c(c1)CNC2)c1cnccn1. The number of carbonyl (C=O) groups excluding carboxylic acids is 1. The van der Waals surface area contributed by atoms with Crippen molar-refractivity contribution in [2.45, 2.75) is 13.1 Å². The standard InChI is InChI=1S/C13H11N3O/c17-13(12-8-14-3-4-16-12)9-1-2-10-6-15-7-11(10)5-9/h1-5,8,15H,6-7H2. The Morgan fingerprint density at radius 2 is 2.06 bits per heavy atom. The molecule has 0 atom stereocenters. The summed E-state index contributed by atoms with van der Waals surface area (Å²) >= 11 is 0. The van der Waals surface area contributed by atoms with E-state index in [0.717, 1.165) is 13.1 Å². The lowest BCUT2D eigenvalue weighted by molar-refractivity contribution is 0.103. The maximum atomic E-state index is 12.1. The number of ketones is 1. The minimum atomic E-state index is -0.0761. The number of benzene rings is 1. The molecule has 0 amide bonds. The van der Waals surface area contributed by atoms with E-state index in [-0.39, 0.29) is 5.78 Å². The molecule has 0 aliphatic carbocycles. The largest absolute Gasteiger partial charge is 0.309 e. The summed E-state index contributed by atoms with van der Waals surface area (Å²) in [6, 6.07) is 5.79. The normalized spacial score (nSPS) is 13.4. The Hall–Kier alpha value is -2.07. The van der Waals surface area contributed by atoms with E-state index in [9.17, 15) is 4.79 Å². The zero-order chi connectivity index (χ0) is 11.7. The lowest BCUT2D eigenvalue weighted by Crippen LogP contribution is -2.05. The smallest absolute Gasteiger partial charge is 0.212 e. The van der Waals surface area contributed by atoms with Crippen LogP contribution in [0.25, 0.3) is 0 Å². The van der Waals surface area contributed by atoms with Gasteiger partial charge in [-0.25, -0.2) is 4.98 Å². The highest BCUT2D eigenvalue weighted by Crippen LogP contribution is 2.18. The van der Waals surface area contributed by atoms with Crippen LogP contribution in [0.15, 0.2) is 36.8 Å². The molecule has 0 spiro atoms. The average Bonchev–Trinajstić information content (AvgIpc) is 2.86. The molecule has 0 unspecified atom stereocenters. The summed E-state index contributed by atoms with van der Waals surface area (Å²) in [7, 11) is 0. The van der Waals surface area contributed by atoms with Gasteiger partial charge in [-0.15, -0.1) is 0 Å². The summed E-state index contributed by atoms with van der Waals surface area (Å²) in [4.78, 5) is 20.1. The maximum Gasteiger partial charge on any atom is 0.212 e. The summed E-state index contributed by atoms with van der Waals surface area (Å²) in [5.74, 6) is -0.0761. The molecule has 1 aromatic heterocycles. The fourth-order valence-electron chi connectivity index (χ4n) is 2.00. The minimum absolute atomic E-state index is 0.0761. The van der Waals surface area contributed by atoms with Crippen molar-refractivity contribution >= 4 is 5.78 Å². The van der Waals surface area contributed by atoms with Crippen LogP contribution in [0.4, 0.5) is 0 Å². The minimum Gasteiger partial charge on any atom is -0.309 e. The Morgan fingerprint density at radius 1 is 1.18 bits per heavy atom. The lowest BCUT2D eigenvalue weighted by Gasteiger charge is -2.02. The Kier molecular flexibility index (Phi) is 2.42. The van der Waals surface area contributed by atoms with Crippen molar-refractivity contribution in [1.82, 2.24) is 15.3 Å². The molecule has 2 aromatic rings. The quantitative estimate of drug-likeness (QED) is 0.783. The lowest BCUT2D eigenvalue weighted by atomic mass is 10.0. The molecule has 0 fully saturated rings. The van der Waals surface area contributed by atoms with Crippen molar-refractivity contribution in [3.63, 3.8) is 0 Å². The Bertz CT molecular complexity index is 566. The molecule has 1 aliphatic heterocycles. The number of hydrogen-bond acceptors (Lipinski definition) is 4. The fraction of sp³-hybridized carbons (Fsp3) is 0.154. The van der Waals surface area contributed by atoms with Crippen LogP contribution in [-0.2, 0) is 13.1 Å². The Labute approximate surface area is 98.7 Å². The van der Waals surface area contributed by atoms with Gasteiger partial charge in [0.15, 0.2) is 0 Å². The molecule has 0 radical (unpaired) electrons. The van der Waals surface area contributed by atoms with Gasteiger partial charge in [0.05, 0.1) is 6.20 Å². The third-order valence-corrected chi connectivity index (χ3v) is 2.90. The molecule has 3 rings (SSSR count). The summed E-state index contributed by atoms with van der Waals surface area (Å²) in [5, 5.41) is 3.25. The first-order chi connectivity index (χ1) is 8.34. The van der Waals surface area contributed by atoms with Gasteiger partial charge in [-0.2, -0.15) is 0 Å². The number of nitrogens with zero attached hydrogens (tertiary/aromatic N) is 2. The van der Waals surface area contributed by atoms with Crippen LogP contribution in [-0.4, -0.2) is 15.8 Å². The first-order valence-electron chi connectivity index (χ1n) is 5.48. The van der Waals surface area contributed by atoms with E-state index in [2.05, 4.69) is 15.3 Å². The summed E-state index contributed by atoms with van der Waals surface area (Å²) in [6.45, 7) is 1.71. The summed E-state index contributed by atoms with van der Waals surface area (Å²) in [6.07, 6.45) is 4.58. The predicted molar refractivity (Wildman–Crippen MR) is 62.5 cm³/mol. The molecule has 84 valence electrons. The third-order valence-electron chi connectivity index (χ3n) is 2.90. The molecule has 1 aliphatic rings. The van der Waals surface area contributed by atoms with Crippen LogP contribution in [0.3, 0.4) is 0 Å². The fourth-order valence-corrected chi connectivity index (χ4v) is 2.00. The molecule has 4 heteroatoms. The highest BCUT2D eigenvalue weighted by Gasteiger charge is 2.15. The predicted octanol–water partition coefficient (Wildman–Crippen LogP) is 1.31. The molecule has 1 aromatic carbocycles. The van der Waals surface area contributed by atoms with E-state index >= 15 is 0 Å². The topological polar surface area (TPSA) is 54.9 Å². The van der Waals surface area contributed by atoms with Gasteiger partial charge in [-0.05, 0) is 17.2 Å². The van der Waals surface area contributed by atoms with Crippen molar-refractivity contribution in [3.8, 4) is 0 Å². The molecule has 0 saturated carbocycles. The van der Waals surface area contributed by atoms with Crippen LogP contribution in [0.2, 0.25) is 0 Å². The highest BCUT2D eigenvalue weighted by atomic mass is 16.1. The van der Waals surface area contributed by atoms with Crippen molar-refractivity contribution in [3.05, 3.63) is 59.2 Å². The Morgan fingerprint density at radius 3 is 2.88 bits per heavy atom. The van der Waals surface area contributed by atoms with E-state index < -0.39 is 0 Å². The van der Waals surface area contributed by atoms with Gasteiger partial charge >= 0.3 is 0 Å². The number of carbonyl (C=O) groups is 1. The number of rotatable bonds is 2. The first-order valence-corrected chi connectivity index (χ1v) is 5.48. The molecule has 4 nitrogen and oxygen atoms in total. The van der Waals surface area contributed by atoms with Gasteiger partial charge in [0.25, 0.3) is 0 Å². The third kappa shape index (κ3) is 1.83. The zero-order valence-corrected chi connectivity index (χ0v) is 9.18. The van der Waals surface area contributed by atoms with Crippen LogP contribution in [0.1, 0.15) is 27.2 Å². The van der Waals surface area contributed by atoms with Crippen LogP contribution in [0.5, 0.6) is 0 Å². The van der Waals surface area contributed by atoms with Gasteiger partial charge in [0.1, 0.15) is 5.69 Å². The zero-order valence-electron chi connectivity index (χ0n) is 9.18. The maximum absolute atomic E-state index is 12.1. The molecule has 0 bridgehead atoms. The highest BCUT2D eigenvalue weighted by molar-refractivity contribution is 6.07. The number of aromatic nitrogens is 2. The van der Waals surface area contributed by atoms with E-state index in [1.54, 1.807) is 6.20 Å². The van der Waals surface area contributed by atoms with E-state index in [4.69, 9.17) is 0 Å². The average molecular weight is 225 g/mol. The summed E-state index contributed by atoms with van der Waals surface area (Å²) in [5.41, 5.74) is 3.52. The molecular weight excluding hydrogens is 214 g/mol. The molecule has 1 N–H and O–H groups in total. The monoisotopic (exact) mass is 225 g/mol. The number of hydrogen-bond donors (Lipinski definition) is 1. The molecule has 17 heavy (non-hydrogen) atoms. The van der Waals surface area contributed by atoms with E-state index in [0.29, 0.717) is 11.3 Å². The second kappa shape index (κ2) is 4.07. The van der Waals surface area contributed by atoms with Crippen molar-refractivity contribution in [2.75, 3.05) is 0 Å². The van der Waals surface area contributed by atoms with Gasteiger partial charge in [-0.1, -0.05) is 12.1 Å². The van der Waals surface area contributed by atoms with Gasteiger partial charge in [-0.3, -0.25) is 9.78 Å². The van der Waals surface area contributed by atoms with Gasteiger partial charge in [0.2, 0.25) is 5.78 Å². The van der Waals surface area contributed by atoms with Crippen molar-refractivity contribution in [2.24, 2.45) is 0 Å². The van der Waals surface area contributed by atoms with Crippen LogP contribution < -0.4 is 5.32 Å². The van der Waals surface area contributed by atoms with Gasteiger partial charge in [0, 0.05) is 31.0 Å². The van der Waals surface area contributed by atoms with Crippen LogP contribution >= 0.6 is 0 Å². The van der Waals surface area contributed by atoms with Gasteiger partial charge < -0.3 is 5.32 Å². The van der Waals surface area contributed by atoms with E-state index in [1.807, 2.05) is 18.2 Å². The van der Waals surface area contributed by atoms with Crippen LogP contribution in [0, 0.1) is 0 Å².